The van der Waals surface area contributed by atoms with Crippen LogP contribution < -0.4 is 15.4 Å². The predicted molar refractivity (Wildman–Crippen MR) is 171 cm³/mol. The molecule has 10 heteroatoms. The van der Waals surface area contributed by atoms with Gasteiger partial charge in [0.15, 0.2) is 6.10 Å². The molecular formula is C34H41N3O6S. The molecule has 3 atom stereocenters. The molecule has 44 heavy (non-hydrogen) atoms. The summed E-state index contributed by atoms with van der Waals surface area (Å²) in [6, 6.07) is 19.5. The fourth-order valence-corrected chi connectivity index (χ4v) is 6.37. The van der Waals surface area contributed by atoms with E-state index in [1.807, 2.05) is 75.4 Å². The molecule has 0 aliphatic carbocycles. The number of carbonyl (C=O) groups excluding carboxylic acids is 3. The van der Waals surface area contributed by atoms with Gasteiger partial charge in [-0.15, -0.1) is 11.8 Å². The number of hydrogen-bond donors (Lipinski definition) is 4. The molecule has 1 heterocycles. The summed E-state index contributed by atoms with van der Waals surface area (Å²) in [7, 11) is 0. The van der Waals surface area contributed by atoms with Gasteiger partial charge >= 0.3 is 0 Å². The third-order valence-electron chi connectivity index (χ3n) is 7.71. The van der Waals surface area contributed by atoms with Gasteiger partial charge in [0.1, 0.15) is 17.5 Å². The second-order valence-electron chi connectivity index (χ2n) is 11.5. The monoisotopic (exact) mass is 619 g/mol. The molecule has 234 valence electrons. The van der Waals surface area contributed by atoms with Gasteiger partial charge in [-0.2, -0.15) is 0 Å². The number of hydrogen-bond acceptors (Lipinski definition) is 7. The molecule has 1 saturated heterocycles. The van der Waals surface area contributed by atoms with Crippen LogP contribution in [0.15, 0.2) is 72.8 Å². The van der Waals surface area contributed by atoms with E-state index >= 15 is 0 Å². The van der Waals surface area contributed by atoms with Gasteiger partial charge in [-0.1, -0.05) is 55.5 Å². The number of ether oxygens (including phenoxy) is 1. The number of phenols is 1. The van der Waals surface area contributed by atoms with Crippen molar-refractivity contribution in [3.05, 3.63) is 95.1 Å². The van der Waals surface area contributed by atoms with E-state index in [4.69, 9.17) is 4.74 Å². The third kappa shape index (κ3) is 7.92. The van der Waals surface area contributed by atoms with Gasteiger partial charge in [0.05, 0.1) is 18.5 Å². The lowest BCUT2D eigenvalue weighted by Crippen LogP contribution is -2.58. The summed E-state index contributed by atoms with van der Waals surface area (Å²) in [4.78, 5) is 42.2. The summed E-state index contributed by atoms with van der Waals surface area (Å²) >= 11 is 1.45. The Bertz CT molecular complexity index is 1460. The normalized spacial score (nSPS) is 17.0. The smallest absolute Gasteiger partial charge is 0.254 e. The Labute approximate surface area is 263 Å². The van der Waals surface area contributed by atoms with Crippen molar-refractivity contribution >= 4 is 29.5 Å². The standard InChI is InChI=1S/C34H41N3O6S/c1-5-17-43-25-14-9-13-24(18-25)20-35-32(41)30-34(3,4)44-21-37(30)33(42)29(39)27(19-23-11-7-6-8-12-23)36-31(40)26-15-10-16-28(38)22(26)2/h6-16,18,27,29-30,38-39H,5,17,19-21H2,1-4H3,(H,35,41)(H,36,40). The largest absolute Gasteiger partial charge is 0.508 e. The van der Waals surface area contributed by atoms with Crippen LogP contribution in [0.3, 0.4) is 0 Å². The fourth-order valence-electron chi connectivity index (χ4n) is 5.23. The van der Waals surface area contributed by atoms with Crippen LogP contribution in [0.4, 0.5) is 0 Å². The van der Waals surface area contributed by atoms with Crippen LogP contribution in [0.2, 0.25) is 0 Å². The van der Waals surface area contributed by atoms with Gasteiger partial charge < -0.3 is 30.5 Å². The highest BCUT2D eigenvalue weighted by atomic mass is 32.2. The Morgan fingerprint density at radius 3 is 2.48 bits per heavy atom. The molecular weight excluding hydrogens is 578 g/mol. The number of thioether (sulfide) groups is 1. The fraction of sp³-hybridized carbons (Fsp3) is 0.382. The molecule has 4 rings (SSSR count). The first-order valence-corrected chi connectivity index (χ1v) is 15.8. The number of nitrogens with one attached hydrogen (secondary N) is 2. The Morgan fingerprint density at radius 2 is 1.75 bits per heavy atom. The molecule has 0 saturated carbocycles. The first kappa shape index (κ1) is 32.9. The second kappa shape index (κ2) is 14.6. The van der Waals surface area contributed by atoms with E-state index in [1.54, 1.807) is 19.1 Å². The Balaban J connectivity index is 1.52. The van der Waals surface area contributed by atoms with Crippen molar-refractivity contribution in [2.24, 2.45) is 0 Å². The van der Waals surface area contributed by atoms with Crippen molar-refractivity contribution in [1.82, 2.24) is 15.5 Å². The highest BCUT2D eigenvalue weighted by Gasteiger charge is 2.49. The van der Waals surface area contributed by atoms with Crippen molar-refractivity contribution in [3.8, 4) is 11.5 Å². The maximum Gasteiger partial charge on any atom is 0.254 e. The number of phenolic OH excluding ortho intramolecular Hbond substituents is 1. The van der Waals surface area contributed by atoms with Crippen LogP contribution in [0.25, 0.3) is 0 Å². The van der Waals surface area contributed by atoms with Gasteiger partial charge in [-0.05, 0) is 69.0 Å². The Kier molecular flexibility index (Phi) is 10.9. The zero-order chi connectivity index (χ0) is 31.9. The first-order chi connectivity index (χ1) is 21.0. The minimum Gasteiger partial charge on any atom is -0.508 e. The molecule has 3 aromatic rings. The van der Waals surface area contributed by atoms with Gasteiger partial charge in [0, 0.05) is 22.4 Å². The van der Waals surface area contributed by atoms with Crippen LogP contribution >= 0.6 is 11.8 Å². The molecule has 3 amide bonds. The summed E-state index contributed by atoms with van der Waals surface area (Å²) in [6.45, 7) is 8.30. The van der Waals surface area contributed by atoms with Crippen molar-refractivity contribution in [1.29, 1.82) is 0 Å². The zero-order valence-corrected chi connectivity index (χ0v) is 26.4. The van der Waals surface area contributed by atoms with E-state index in [0.717, 1.165) is 23.3 Å². The number of aromatic hydroxyl groups is 1. The molecule has 3 aromatic carbocycles. The lowest BCUT2D eigenvalue weighted by molar-refractivity contribution is -0.147. The maximum absolute atomic E-state index is 13.9. The van der Waals surface area contributed by atoms with Gasteiger partial charge in [-0.25, -0.2) is 0 Å². The number of rotatable bonds is 12. The van der Waals surface area contributed by atoms with Gasteiger partial charge in [0.2, 0.25) is 5.91 Å². The van der Waals surface area contributed by atoms with E-state index in [0.29, 0.717) is 12.2 Å². The molecule has 1 aliphatic heterocycles. The number of nitrogens with zero attached hydrogens (tertiary/aromatic N) is 1. The van der Waals surface area contributed by atoms with Crippen LogP contribution in [0.5, 0.6) is 11.5 Å². The number of aliphatic hydroxyl groups excluding tert-OH is 1. The van der Waals surface area contributed by atoms with Crippen LogP contribution in [-0.4, -0.2) is 68.3 Å². The quantitative estimate of drug-likeness (QED) is 0.239. The third-order valence-corrected chi connectivity index (χ3v) is 9.09. The number of benzene rings is 3. The Hall–Kier alpha value is -4.02. The van der Waals surface area contributed by atoms with E-state index in [1.165, 1.54) is 22.7 Å². The second-order valence-corrected chi connectivity index (χ2v) is 13.1. The molecule has 0 radical (unpaired) electrons. The zero-order valence-electron chi connectivity index (χ0n) is 25.6. The van der Waals surface area contributed by atoms with Crippen molar-refractivity contribution in [2.45, 2.75) is 70.0 Å². The first-order valence-electron chi connectivity index (χ1n) is 14.8. The minimum absolute atomic E-state index is 0.0285. The van der Waals surface area contributed by atoms with E-state index in [9.17, 15) is 24.6 Å². The molecule has 1 aliphatic rings. The topological polar surface area (TPSA) is 128 Å². The average molecular weight is 620 g/mol. The van der Waals surface area contributed by atoms with Crippen LogP contribution in [0, 0.1) is 6.92 Å². The lowest BCUT2D eigenvalue weighted by atomic mass is 9.96. The number of carbonyl (C=O) groups is 3. The SMILES string of the molecule is CCCOc1cccc(CNC(=O)C2N(C(=O)C(O)C(Cc3ccccc3)NC(=O)c3cccc(O)c3C)CSC2(C)C)c1. The highest BCUT2D eigenvalue weighted by molar-refractivity contribution is 8.00. The Morgan fingerprint density at radius 1 is 1.05 bits per heavy atom. The van der Waals surface area contributed by atoms with Crippen molar-refractivity contribution in [3.63, 3.8) is 0 Å². The molecule has 4 N–H and O–H groups in total. The average Bonchev–Trinajstić information content (AvgIpc) is 3.34. The summed E-state index contributed by atoms with van der Waals surface area (Å²) in [5.74, 6) is -0.603. The molecule has 0 bridgehead atoms. The molecule has 9 nitrogen and oxygen atoms in total. The van der Waals surface area contributed by atoms with Crippen molar-refractivity contribution < 1.29 is 29.3 Å². The predicted octanol–water partition coefficient (Wildman–Crippen LogP) is 4.19. The summed E-state index contributed by atoms with van der Waals surface area (Å²) < 4.78 is 5.08. The van der Waals surface area contributed by atoms with Gasteiger partial charge in [-0.3, -0.25) is 14.4 Å². The minimum atomic E-state index is -1.63. The molecule has 3 unspecified atom stereocenters. The number of amides is 3. The van der Waals surface area contributed by atoms with Crippen molar-refractivity contribution in [2.75, 3.05) is 12.5 Å². The van der Waals surface area contributed by atoms with E-state index < -0.39 is 34.7 Å². The summed E-state index contributed by atoms with van der Waals surface area (Å²) in [6.07, 6.45) is -0.570. The summed E-state index contributed by atoms with van der Waals surface area (Å²) in [5, 5.41) is 27.4. The molecule has 0 aromatic heterocycles. The van der Waals surface area contributed by atoms with Crippen LogP contribution in [0.1, 0.15) is 54.2 Å². The molecule has 1 fully saturated rings. The van der Waals surface area contributed by atoms with E-state index in [2.05, 4.69) is 10.6 Å². The van der Waals surface area contributed by atoms with Gasteiger partial charge in [0.25, 0.3) is 11.8 Å². The van der Waals surface area contributed by atoms with Crippen LogP contribution in [-0.2, 0) is 22.6 Å². The number of aliphatic hydroxyl groups is 1. The molecule has 0 spiro atoms. The van der Waals surface area contributed by atoms with E-state index in [-0.39, 0.29) is 36.1 Å². The summed E-state index contributed by atoms with van der Waals surface area (Å²) in [5.41, 5.74) is 2.30. The maximum atomic E-state index is 13.9. The lowest BCUT2D eigenvalue weighted by Gasteiger charge is -2.33. The highest BCUT2D eigenvalue weighted by Crippen LogP contribution is 2.40.